The van der Waals surface area contributed by atoms with Crippen molar-refractivity contribution in [2.24, 2.45) is 16.5 Å². The maximum Gasteiger partial charge on any atom is 0.353 e. The summed E-state index contributed by atoms with van der Waals surface area (Å²) < 4.78 is 0. The van der Waals surface area contributed by atoms with Gasteiger partial charge in [-0.1, -0.05) is 32.9 Å². The summed E-state index contributed by atoms with van der Waals surface area (Å²) in [6.07, 6.45) is -0.798. The van der Waals surface area contributed by atoms with Gasteiger partial charge in [0.25, 0.3) is 5.91 Å². The molecule has 1 heterocycles. The first-order chi connectivity index (χ1) is 8.21. The summed E-state index contributed by atoms with van der Waals surface area (Å²) in [5.41, 5.74) is -0.00831. The second kappa shape index (κ2) is 5.37. The molecule has 0 aromatic heterocycles. The van der Waals surface area contributed by atoms with Gasteiger partial charge in [0.2, 0.25) is 6.10 Å². The van der Waals surface area contributed by atoms with Gasteiger partial charge in [0.15, 0.2) is 5.71 Å². The first-order valence-corrected chi connectivity index (χ1v) is 5.95. The molecular weight excluding hydrogens is 236 g/mol. The first-order valence-electron chi connectivity index (χ1n) is 5.95. The number of carboxylic acid groups (broad SMARTS) is 1. The van der Waals surface area contributed by atoms with E-state index in [-0.39, 0.29) is 23.5 Å². The van der Waals surface area contributed by atoms with Crippen molar-refractivity contribution in [3.8, 4) is 0 Å². The molecule has 6 nitrogen and oxygen atoms in total. The summed E-state index contributed by atoms with van der Waals surface area (Å²) in [7, 11) is 0. The number of carbonyl (C=O) groups is 2. The van der Waals surface area contributed by atoms with Gasteiger partial charge in [-0.2, -0.15) is 0 Å². The number of oxime groups is 1. The maximum atomic E-state index is 11.7. The minimum absolute atomic E-state index is 0.0189. The van der Waals surface area contributed by atoms with Crippen LogP contribution >= 0.6 is 0 Å². The van der Waals surface area contributed by atoms with Crippen molar-refractivity contribution in [1.82, 2.24) is 5.32 Å². The zero-order chi connectivity index (χ0) is 13.9. The molecule has 0 saturated heterocycles. The van der Waals surface area contributed by atoms with Crippen LogP contribution in [-0.2, 0) is 14.4 Å². The highest BCUT2D eigenvalue weighted by molar-refractivity contribution is 6.36. The molecule has 0 aliphatic carbocycles. The van der Waals surface area contributed by atoms with Gasteiger partial charge in [0, 0.05) is 13.0 Å². The first kappa shape index (κ1) is 14.5. The Labute approximate surface area is 106 Å². The highest BCUT2D eigenvalue weighted by atomic mass is 16.6. The highest BCUT2D eigenvalue weighted by Gasteiger charge is 2.32. The van der Waals surface area contributed by atoms with E-state index in [1.54, 1.807) is 0 Å². The van der Waals surface area contributed by atoms with Crippen molar-refractivity contribution < 1.29 is 19.5 Å². The fraction of sp³-hybridized carbons (Fsp3) is 0.750. The van der Waals surface area contributed by atoms with E-state index in [4.69, 9.17) is 9.94 Å². The molecule has 2 N–H and O–H groups in total. The number of nitrogens with one attached hydrogen (secondary N) is 1. The molecule has 1 rings (SSSR count). The van der Waals surface area contributed by atoms with E-state index >= 15 is 0 Å². The minimum atomic E-state index is -1.15. The third-order valence-corrected chi connectivity index (χ3v) is 3.27. The summed E-state index contributed by atoms with van der Waals surface area (Å²) in [5.74, 6) is -1.15. The lowest BCUT2D eigenvalue weighted by Gasteiger charge is -2.27. The average Bonchev–Trinajstić information content (AvgIpc) is 2.73. The molecule has 0 spiro atoms. The molecule has 0 radical (unpaired) electrons. The lowest BCUT2D eigenvalue weighted by Crippen LogP contribution is -2.39. The van der Waals surface area contributed by atoms with Crippen LogP contribution in [-0.4, -0.2) is 35.3 Å². The summed E-state index contributed by atoms with van der Waals surface area (Å²) in [6, 6.07) is 0. The number of aliphatic carboxylic acids is 1. The van der Waals surface area contributed by atoms with Gasteiger partial charge in [0.1, 0.15) is 0 Å². The Morgan fingerprint density at radius 2 is 2.17 bits per heavy atom. The van der Waals surface area contributed by atoms with E-state index < -0.39 is 12.1 Å². The van der Waals surface area contributed by atoms with E-state index in [0.717, 1.165) is 0 Å². The monoisotopic (exact) mass is 256 g/mol. The molecule has 0 bridgehead atoms. The van der Waals surface area contributed by atoms with E-state index in [2.05, 4.69) is 38.2 Å². The minimum Gasteiger partial charge on any atom is -0.477 e. The van der Waals surface area contributed by atoms with Crippen molar-refractivity contribution in [3.63, 3.8) is 0 Å². The number of hydrogen-bond acceptors (Lipinski definition) is 4. The summed E-state index contributed by atoms with van der Waals surface area (Å²) >= 11 is 0. The molecule has 2 atom stereocenters. The molecular formula is C12H20N2O4. The predicted molar refractivity (Wildman–Crippen MR) is 66.2 cm³/mol. The second-order valence-corrected chi connectivity index (χ2v) is 5.65. The van der Waals surface area contributed by atoms with Crippen LogP contribution in [0.4, 0.5) is 0 Å². The molecule has 1 aliphatic rings. The maximum absolute atomic E-state index is 11.7. The van der Waals surface area contributed by atoms with E-state index in [0.29, 0.717) is 12.5 Å². The second-order valence-electron chi connectivity index (χ2n) is 5.65. The van der Waals surface area contributed by atoms with Crippen molar-refractivity contribution in [2.75, 3.05) is 6.54 Å². The molecule has 102 valence electrons. The van der Waals surface area contributed by atoms with E-state index in [1.807, 2.05) is 0 Å². The number of carbonyl (C=O) groups excluding carboxylic acids is 1. The Kier molecular flexibility index (Phi) is 4.32. The van der Waals surface area contributed by atoms with E-state index in [1.165, 1.54) is 0 Å². The quantitative estimate of drug-likeness (QED) is 0.786. The molecule has 0 aromatic rings. The topological polar surface area (TPSA) is 88.0 Å². The Morgan fingerprint density at radius 1 is 1.56 bits per heavy atom. The number of amides is 1. The molecule has 6 heteroatoms. The van der Waals surface area contributed by atoms with Gasteiger partial charge < -0.3 is 15.3 Å². The largest absolute Gasteiger partial charge is 0.477 e. The zero-order valence-corrected chi connectivity index (χ0v) is 11.2. The molecule has 0 fully saturated rings. The fourth-order valence-electron chi connectivity index (χ4n) is 1.32. The van der Waals surface area contributed by atoms with Gasteiger partial charge in [0.05, 0.1) is 0 Å². The van der Waals surface area contributed by atoms with Crippen LogP contribution in [0.5, 0.6) is 0 Å². The normalized spacial score (nSPS) is 20.9. The van der Waals surface area contributed by atoms with Crippen LogP contribution in [0, 0.1) is 11.3 Å². The van der Waals surface area contributed by atoms with Gasteiger partial charge >= 0.3 is 5.97 Å². The summed E-state index contributed by atoms with van der Waals surface area (Å²) in [4.78, 5) is 27.2. The van der Waals surface area contributed by atoms with Crippen LogP contribution in [0.15, 0.2) is 5.16 Å². The van der Waals surface area contributed by atoms with Gasteiger partial charge in [-0.25, -0.2) is 4.79 Å². The molecule has 0 aromatic carbocycles. The van der Waals surface area contributed by atoms with Gasteiger partial charge in [-0.05, 0) is 11.3 Å². The molecule has 1 amide bonds. The molecule has 1 aliphatic heterocycles. The standard InChI is InChI=1S/C12H20N2O4/c1-7(12(2,3)4)6-13-10(15)9-5-8(11(16)17)14-18-9/h7,9H,5-6H2,1-4H3,(H,13,15)(H,16,17). The Morgan fingerprint density at radius 3 is 2.61 bits per heavy atom. The third-order valence-electron chi connectivity index (χ3n) is 3.27. The van der Waals surface area contributed by atoms with E-state index in [9.17, 15) is 9.59 Å². The SMILES string of the molecule is CC(CNC(=O)C1CC(C(=O)O)=NO1)C(C)(C)C. The van der Waals surface area contributed by atoms with Crippen LogP contribution in [0.2, 0.25) is 0 Å². The Hall–Kier alpha value is -1.59. The molecule has 18 heavy (non-hydrogen) atoms. The summed E-state index contributed by atoms with van der Waals surface area (Å²) in [5, 5.41) is 14.8. The predicted octanol–water partition coefficient (Wildman–Crippen LogP) is 1.01. The van der Waals surface area contributed by atoms with Crippen molar-refractivity contribution in [3.05, 3.63) is 0 Å². The number of nitrogens with zero attached hydrogens (tertiary/aromatic N) is 1. The van der Waals surface area contributed by atoms with Gasteiger partial charge in [-0.3, -0.25) is 4.79 Å². The number of hydrogen-bond donors (Lipinski definition) is 2. The lowest BCUT2D eigenvalue weighted by molar-refractivity contribution is -0.131. The van der Waals surface area contributed by atoms with Crippen LogP contribution in [0.1, 0.15) is 34.1 Å². The van der Waals surface area contributed by atoms with Crippen molar-refractivity contribution in [2.45, 2.75) is 40.2 Å². The van der Waals surface area contributed by atoms with Crippen molar-refractivity contribution in [1.29, 1.82) is 0 Å². The zero-order valence-electron chi connectivity index (χ0n) is 11.2. The van der Waals surface area contributed by atoms with Crippen LogP contribution in [0.25, 0.3) is 0 Å². The van der Waals surface area contributed by atoms with Gasteiger partial charge in [-0.15, -0.1) is 0 Å². The van der Waals surface area contributed by atoms with Crippen molar-refractivity contribution >= 4 is 17.6 Å². The van der Waals surface area contributed by atoms with Crippen LogP contribution < -0.4 is 5.32 Å². The van der Waals surface area contributed by atoms with Crippen LogP contribution in [0.3, 0.4) is 0 Å². The smallest absolute Gasteiger partial charge is 0.353 e. The number of carboxylic acids is 1. The number of rotatable bonds is 4. The fourth-order valence-corrected chi connectivity index (χ4v) is 1.32. The molecule has 0 saturated carbocycles. The third kappa shape index (κ3) is 3.72. The lowest BCUT2D eigenvalue weighted by atomic mass is 9.82. The summed E-state index contributed by atoms with van der Waals surface area (Å²) in [6.45, 7) is 8.88. The Bertz CT molecular complexity index is 371. The molecule has 2 unspecified atom stereocenters. The Balaban J connectivity index is 2.38. The highest BCUT2D eigenvalue weighted by Crippen LogP contribution is 2.24. The average molecular weight is 256 g/mol.